The van der Waals surface area contributed by atoms with Crippen LogP contribution in [0.25, 0.3) is 0 Å². The number of carbonyl (C=O) groups is 2. The van der Waals surface area contributed by atoms with E-state index in [2.05, 4.69) is 12.2 Å². The fourth-order valence-corrected chi connectivity index (χ4v) is 2.66. The summed E-state index contributed by atoms with van der Waals surface area (Å²) in [6.07, 6.45) is 2.98. The third kappa shape index (κ3) is 4.41. The lowest BCUT2D eigenvalue weighted by Crippen LogP contribution is -2.48. The number of rotatable bonds is 8. The molecular formula is C15H26N2O4. The second-order valence-electron chi connectivity index (χ2n) is 5.71. The smallest absolute Gasteiger partial charge is 0.325 e. The number of nitrogens with zero attached hydrogens (tertiary/aromatic N) is 1. The SMILES string of the molecule is CCCNC1COCC1C(=O)N(CC(=O)OCC)C1CC1. The van der Waals surface area contributed by atoms with Gasteiger partial charge in [-0.3, -0.25) is 9.59 Å². The van der Waals surface area contributed by atoms with Gasteiger partial charge in [0, 0.05) is 12.1 Å². The molecule has 1 aliphatic heterocycles. The van der Waals surface area contributed by atoms with Crippen LogP contribution in [-0.4, -0.2) is 61.8 Å². The molecule has 0 aromatic rings. The maximum absolute atomic E-state index is 12.7. The van der Waals surface area contributed by atoms with Crippen molar-refractivity contribution in [1.82, 2.24) is 10.2 Å². The summed E-state index contributed by atoms with van der Waals surface area (Å²) in [6, 6.07) is 0.259. The van der Waals surface area contributed by atoms with E-state index in [0.29, 0.717) is 19.8 Å². The molecule has 2 atom stereocenters. The Morgan fingerprint density at radius 1 is 1.29 bits per heavy atom. The second-order valence-corrected chi connectivity index (χ2v) is 5.71. The van der Waals surface area contributed by atoms with Gasteiger partial charge < -0.3 is 19.7 Å². The molecule has 2 rings (SSSR count). The highest BCUT2D eigenvalue weighted by Gasteiger charge is 2.41. The van der Waals surface area contributed by atoms with Crippen molar-refractivity contribution in [2.75, 3.05) is 32.9 Å². The van der Waals surface area contributed by atoms with Crippen LogP contribution in [0.15, 0.2) is 0 Å². The molecule has 1 aliphatic carbocycles. The van der Waals surface area contributed by atoms with Crippen LogP contribution in [0, 0.1) is 5.92 Å². The average Bonchev–Trinajstić information content (AvgIpc) is 3.20. The molecule has 2 fully saturated rings. The molecule has 6 heteroatoms. The second kappa shape index (κ2) is 7.75. The molecule has 0 bridgehead atoms. The number of carbonyl (C=O) groups excluding carboxylic acids is 2. The van der Waals surface area contributed by atoms with Gasteiger partial charge in [-0.1, -0.05) is 6.92 Å². The van der Waals surface area contributed by atoms with Crippen LogP contribution in [0.1, 0.15) is 33.1 Å². The van der Waals surface area contributed by atoms with Crippen LogP contribution in [-0.2, 0) is 19.1 Å². The summed E-state index contributed by atoms with van der Waals surface area (Å²) in [5, 5.41) is 3.37. The molecular weight excluding hydrogens is 272 g/mol. The van der Waals surface area contributed by atoms with Crippen molar-refractivity contribution < 1.29 is 19.1 Å². The summed E-state index contributed by atoms with van der Waals surface area (Å²) in [5.41, 5.74) is 0. The molecule has 21 heavy (non-hydrogen) atoms. The molecule has 0 aromatic heterocycles. The van der Waals surface area contributed by atoms with Gasteiger partial charge in [0.05, 0.1) is 25.7 Å². The highest BCUT2D eigenvalue weighted by atomic mass is 16.5. The Morgan fingerprint density at radius 3 is 2.67 bits per heavy atom. The summed E-state index contributed by atoms with van der Waals surface area (Å²) in [4.78, 5) is 26.1. The monoisotopic (exact) mass is 298 g/mol. The first kappa shape index (κ1) is 16.2. The van der Waals surface area contributed by atoms with Crippen molar-refractivity contribution in [3.05, 3.63) is 0 Å². The Morgan fingerprint density at radius 2 is 2.05 bits per heavy atom. The molecule has 0 spiro atoms. The van der Waals surface area contributed by atoms with E-state index in [0.717, 1.165) is 25.8 Å². The zero-order chi connectivity index (χ0) is 15.2. The van der Waals surface area contributed by atoms with Crippen LogP contribution < -0.4 is 5.32 Å². The first-order valence-electron chi connectivity index (χ1n) is 7.94. The molecule has 1 heterocycles. The van der Waals surface area contributed by atoms with Gasteiger partial charge in [0.2, 0.25) is 5.91 Å². The summed E-state index contributed by atoms with van der Waals surface area (Å²) >= 11 is 0. The predicted octanol–water partition coefficient (Wildman–Crippen LogP) is 0.555. The van der Waals surface area contributed by atoms with Crippen LogP contribution in [0.2, 0.25) is 0 Å². The number of esters is 1. The van der Waals surface area contributed by atoms with E-state index < -0.39 is 0 Å². The molecule has 6 nitrogen and oxygen atoms in total. The topological polar surface area (TPSA) is 67.9 Å². The molecule has 1 saturated heterocycles. The van der Waals surface area contributed by atoms with E-state index in [1.165, 1.54) is 0 Å². The highest BCUT2D eigenvalue weighted by Crippen LogP contribution is 2.29. The lowest BCUT2D eigenvalue weighted by molar-refractivity contribution is -0.151. The van der Waals surface area contributed by atoms with Crippen molar-refractivity contribution in [2.24, 2.45) is 5.92 Å². The minimum atomic E-state index is -0.324. The number of ether oxygens (including phenoxy) is 2. The molecule has 1 amide bonds. The quantitative estimate of drug-likeness (QED) is 0.663. The Kier molecular flexibility index (Phi) is 5.99. The Bertz CT molecular complexity index is 371. The third-order valence-electron chi connectivity index (χ3n) is 3.93. The third-order valence-corrected chi connectivity index (χ3v) is 3.93. The fourth-order valence-electron chi connectivity index (χ4n) is 2.66. The van der Waals surface area contributed by atoms with Crippen molar-refractivity contribution in [1.29, 1.82) is 0 Å². The molecule has 2 aliphatic rings. The minimum Gasteiger partial charge on any atom is -0.465 e. The van der Waals surface area contributed by atoms with Gasteiger partial charge in [-0.2, -0.15) is 0 Å². The summed E-state index contributed by atoms with van der Waals surface area (Å²) in [6.45, 7) is 6.15. The van der Waals surface area contributed by atoms with Gasteiger partial charge in [0.1, 0.15) is 6.54 Å². The standard InChI is InChI=1S/C15H26N2O4/c1-3-7-16-13-10-20-9-12(13)15(19)17(11-5-6-11)8-14(18)21-4-2/h11-13,16H,3-10H2,1-2H3. The van der Waals surface area contributed by atoms with Gasteiger partial charge in [-0.05, 0) is 32.7 Å². The van der Waals surface area contributed by atoms with Crippen LogP contribution in [0.5, 0.6) is 0 Å². The van der Waals surface area contributed by atoms with Crippen LogP contribution >= 0.6 is 0 Å². The van der Waals surface area contributed by atoms with E-state index in [1.807, 2.05) is 0 Å². The van der Waals surface area contributed by atoms with E-state index >= 15 is 0 Å². The highest BCUT2D eigenvalue weighted by molar-refractivity contribution is 5.85. The fraction of sp³-hybridized carbons (Fsp3) is 0.867. The van der Waals surface area contributed by atoms with Crippen molar-refractivity contribution in [3.8, 4) is 0 Å². The van der Waals surface area contributed by atoms with Crippen molar-refractivity contribution in [2.45, 2.75) is 45.2 Å². The summed E-state index contributed by atoms with van der Waals surface area (Å²) < 4.78 is 10.4. The van der Waals surface area contributed by atoms with Gasteiger partial charge in [-0.25, -0.2) is 0 Å². The maximum Gasteiger partial charge on any atom is 0.325 e. The van der Waals surface area contributed by atoms with E-state index in [1.54, 1.807) is 11.8 Å². The maximum atomic E-state index is 12.7. The normalized spacial score (nSPS) is 24.9. The number of amides is 1. The van der Waals surface area contributed by atoms with Crippen LogP contribution in [0.4, 0.5) is 0 Å². The van der Waals surface area contributed by atoms with Gasteiger partial charge in [-0.15, -0.1) is 0 Å². The number of hydrogen-bond acceptors (Lipinski definition) is 5. The Balaban J connectivity index is 1.95. The molecule has 120 valence electrons. The first-order chi connectivity index (χ1) is 10.2. The largest absolute Gasteiger partial charge is 0.465 e. The van der Waals surface area contributed by atoms with E-state index in [-0.39, 0.29) is 36.4 Å². The molecule has 1 N–H and O–H groups in total. The Labute approximate surface area is 126 Å². The number of hydrogen-bond donors (Lipinski definition) is 1. The zero-order valence-corrected chi connectivity index (χ0v) is 13.0. The molecule has 0 aromatic carbocycles. The summed E-state index contributed by atoms with van der Waals surface area (Å²) in [7, 11) is 0. The van der Waals surface area contributed by atoms with Crippen molar-refractivity contribution >= 4 is 11.9 Å². The van der Waals surface area contributed by atoms with Gasteiger partial charge >= 0.3 is 5.97 Å². The molecule has 1 saturated carbocycles. The van der Waals surface area contributed by atoms with E-state index in [4.69, 9.17) is 9.47 Å². The summed E-state index contributed by atoms with van der Waals surface area (Å²) in [5.74, 6) is -0.488. The van der Waals surface area contributed by atoms with Gasteiger partial charge in [0.25, 0.3) is 0 Å². The van der Waals surface area contributed by atoms with Crippen LogP contribution in [0.3, 0.4) is 0 Å². The predicted molar refractivity (Wildman–Crippen MR) is 77.8 cm³/mol. The lowest BCUT2D eigenvalue weighted by Gasteiger charge is -2.27. The lowest BCUT2D eigenvalue weighted by atomic mass is 10.0. The minimum absolute atomic E-state index is 0.0247. The van der Waals surface area contributed by atoms with E-state index in [9.17, 15) is 9.59 Å². The van der Waals surface area contributed by atoms with Gasteiger partial charge in [0.15, 0.2) is 0 Å². The molecule has 2 unspecified atom stereocenters. The number of nitrogens with one attached hydrogen (secondary N) is 1. The molecule has 0 radical (unpaired) electrons. The average molecular weight is 298 g/mol. The zero-order valence-electron chi connectivity index (χ0n) is 13.0. The first-order valence-corrected chi connectivity index (χ1v) is 7.94. The Hall–Kier alpha value is -1.14. The van der Waals surface area contributed by atoms with Crippen molar-refractivity contribution in [3.63, 3.8) is 0 Å².